The Morgan fingerprint density at radius 2 is 1.58 bits per heavy atom. The molecule has 0 atom stereocenters. The molecule has 4 heteroatoms. The van der Waals surface area contributed by atoms with E-state index in [1.165, 1.54) is 11.1 Å². The van der Waals surface area contributed by atoms with E-state index in [1.54, 1.807) is 24.3 Å². The molecule has 0 aromatic heterocycles. The van der Waals surface area contributed by atoms with Gasteiger partial charge in [0.25, 0.3) is 5.91 Å². The maximum atomic E-state index is 12.4. The second kappa shape index (κ2) is 4.74. The topological polar surface area (TPSA) is 58.4 Å². The molecule has 0 saturated heterocycles. The second-order valence-corrected chi connectivity index (χ2v) is 4.65. The van der Waals surface area contributed by atoms with Gasteiger partial charge in [-0.25, -0.2) is 0 Å². The highest BCUT2D eigenvalue weighted by atomic mass is 16.2. The van der Waals surface area contributed by atoms with E-state index in [-0.39, 0.29) is 5.91 Å². The molecule has 0 radical (unpaired) electrons. The zero-order valence-electron chi connectivity index (χ0n) is 10.5. The van der Waals surface area contributed by atoms with Gasteiger partial charge in [0.15, 0.2) is 0 Å². The maximum absolute atomic E-state index is 12.4. The molecular formula is C15H15N3O. The molecular weight excluding hydrogens is 238 g/mol. The number of nitrogen functional groups attached to an aromatic ring is 1. The monoisotopic (exact) mass is 253 g/mol. The van der Waals surface area contributed by atoms with Crippen molar-refractivity contribution in [1.29, 1.82) is 0 Å². The third-order valence-electron chi connectivity index (χ3n) is 3.43. The Morgan fingerprint density at radius 3 is 2.11 bits per heavy atom. The van der Waals surface area contributed by atoms with E-state index < -0.39 is 0 Å². The van der Waals surface area contributed by atoms with Crippen molar-refractivity contribution in [1.82, 2.24) is 4.90 Å². The van der Waals surface area contributed by atoms with Gasteiger partial charge in [-0.05, 0) is 35.4 Å². The molecule has 2 aromatic rings. The predicted molar refractivity (Wildman–Crippen MR) is 74.3 cm³/mol. The van der Waals surface area contributed by atoms with E-state index in [4.69, 9.17) is 5.84 Å². The summed E-state index contributed by atoms with van der Waals surface area (Å²) in [6.45, 7) is 1.37. The summed E-state index contributed by atoms with van der Waals surface area (Å²) in [5.41, 5.74) is 6.50. The van der Waals surface area contributed by atoms with Gasteiger partial charge in [0.05, 0.1) is 0 Å². The zero-order chi connectivity index (χ0) is 13.2. The fraction of sp³-hybridized carbons (Fsp3) is 0.133. The highest BCUT2D eigenvalue weighted by molar-refractivity contribution is 5.94. The van der Waals surface area contributed by atoms with E-state index >= 15 is 0 Å². The Balaban J connectivity index is 1.79. The predicted octanol–water partition coefficient (Wildman–Crippen LogP) is 2.13. The van der Waals surface area contributed by atoms with Gasteiger partial charge in [0.1, 0.15) is 0 Å². The average molecular weight is 253 g/mol. The maximum Gasteiger partial charge on any atom is 0.254 e. The molecule has 3 rings (SSSR count). The van der Waals surface area contributed by atoms with Gasteiger partial charge in [-0.3, -0.25) is 10.6 Å². The number of benzene rings is 2. The summed E-state index contributed by atoms with van der Waals surface area (Å²) < 4.78 is 0. The molecule has 0 unspecified atom stereocenters. The molecule has 0 spiro atoms. The second-order valence-electron chi connectivity index (χ2n) is 4.65. The lowest BCUT2D eigenvalue weighted by Crippen LogP contribution is -2.25. The molecule has 0 fully saturated rings. The Hall–Kier alpha value is -2.33. The molecule has 1 aliphatic heterocycles. The van der Waals surface area contributed by atoms with Crippen molar-refractivity contribution >= 4 is 11.6 Å². The van der Waals surface area contributed by atoms with Crippen LogP contribution in [0.5, 0.6) is 0 Å². The fourth-order valence-corrected chi connectivity index (χ4v) is 2.37. The number of carbonyl (C=O) groups excluding carboxylic acids is 1. The summed E-state index contributed by atoms with van der Waals surface area (Å²) in [4.78, 5) is 14.2. The van der Waals surface area contributed by atoms with Gasteiger partial charge in [0.2, 0.25) is 0 Å². The molecule has 0 bridgehead atoms. The third kappa shape index (κ3) is 2.18. The van der Waals surface area contributed by atoms with Crippen molar-refractivity contribution < 1.29 is 4.79 Å². The van der Waals surface area contributed by atoms with Gasteiger partial charge in [-0.15, -0.1) is 0 Å². The van der Waals surface area contributed by atoms with Crippen LogP contribution in [0.15, 0.2) is 48.5 Å². The quantitative estimate of drug-likeness (QED) is 0.636. The van der Waals surface area contributed by atoms with Crippen LogP contribution in [0.2, 0.25) is 0 Å². The zero-order valence-corrected chi connectivity index (χ0v) is 10.5. The lowest BCUT2D eigenvalue weighted by Gasteiger charge is -2.15. The summed E-state index contributed by atoms with van der Waals surface area (Å²) in [7, 11) is 0. The minimum Gasteiger partial charge on any atom is -0.330 e. The Bertz CT molecular complexity index is 582. The summed E-state index contributed by atoms with van der Waals surface area (Å²) in [5, 5.41) is 0. The van der Waals surface area contributed by atoms with Crippen molar-refractivity contribution in [2.24, 2.45) is 5.84 Å². The number of carbonyl (C=O) groups is 1. The van der Waals surface area contributed by atoms with Crippen molar-refractivity contribution in [3.05, 3.63) is 65.2 Å². The number of nitrogens with one attached hydrogen (secondary N) is 1. The summed E-state index contributed by atoms with van der Waals surface area (Å²) in [6.07, 6.45) is 0. The SMILES string of the molecule is NNc1ccc(C(=O)N2Cc3ccccc3C2)cc1. The molecule has 1 aliphatic rings. The number of nitrogens with zero attached hydrogens (tertiary/aromatic N) is 1. The van der Waals surface area contributed by atoms with E-state index in [9.17, 15) is 4.79 Å². The molecule has 3 N–H and O–H groups in total. The Kier molecular flexibility index (Phi) is 2.93. The Morgan fingerprint density at radius 1 is 1.00 bits per heavy atom. The number of amides is 1. The minimum atomic E-state index is 0.0553. The van der Waals surface area contributed by atoms with Crippen molar-refractivity contribution in [3.8, 4) is 0 Å². The normalized spacial score (nSPS) is 13.2. The minimum absolute atomic E-state index is 0.0553. The molecule has 0 aliphatic carbocycles. The van der Waals surface area contributed by atoms with E-state index in [2.05, 4.69) is 17.6 Å². The average Bonchev–Trinajstić information content (AvgIpc) is 2.90. The molecule has 1 heterocycles. The van der Waals surface area contributed by atoms with Crippen molar-refractivity contribution in [2.75, 3.05) is 5.43 Å². The van der Waals surface area contributed by atoms with Crippen LogP contribution in [-0.2, 0) is 13.1 Å². The first-order chi connectivity index (χ1) is 9.28. The van der Waals surface area contributed by atoms with E-state index in [0.29, 0.717) is 18.7 Å². The first-order valence-electron chi connectivity index (χ1n) is 6.20. The smallest absolute Gasteiger partial charge is 0.254 e. The number of anilines is 1. The summed E-state index contributed by atoms with van der Waals surface area (Å²) >= 11 is 0. The standard InChI is InChI=1S/C15H15N3O/c16-17-14-7-5-11(6-8-14)15(19)18-9-12-3-1-2-4-13(12)10-18/h1-8,17H,9-10,16H2. The van der Waals surface area contributed by atoms with Gasteiger partial charge < -0.3 is 10.3 Å². The molecule has 1 amide bonds. The number of nitrogens with two attached hydrogens (primary N) is 1. The Labute approximate surface area is 111 Å². The number of hydrogen-bond donors (Lipinski definition) is 2. The first kappa shape index (κ1) is 11.7. The molecule has 96 valence electrons. The molecule has 4 nitrogen and oxygen atoms in total. The van der Waals surface area contributed by atoms with Gasteiger partial charge in [-0.2, -0.15) is 0 Å². The van der Waals surface area contributed by atoms with Gasteiger partial charge in [0, 0.05) is 24.3 Å². The van der Waals surface area contributed by atoms with Gasteiger partial charge >= 0.3 is 0 Å². The highest BCUT2D eigenvalue weighted by Crippen LogP contribution is 2.24. The molecule has 19 heavy (non-hydrogen) atoms. The number of rotatable bonds is 2. The summed E-state index contributed by atoms with van der Waals surface area (Å²) in [5.74, 6) is 5.37. The highest BCUT2D eigenvalue weighted by Gasteiger charge is 2.23. The number of hydrazine groups is 1. The first-order valence-corrected chi connectivity index (χ1v) is 6.20. The van der Waals surface area contributed by atoms with E-state index in [0.717, 1.165) is 5.69 Å². The fourth-order valence-electron chi connectivity index (χ4n) is 2.37. The summed E-state index contributed by atoms with van der Waals surface area (Å²) in [6, 6.07) is 15.4. The largest absolute Gasteiger partial charge is 0.330 e. The third-order valence-corrected chi connectivity index (χ3v) is 3.43. The molecule has 0 saturated carbocycles. The van der Waals surface area contributed by atoms with Crippen molar-refractivity contribution in [3.63, 3.8) is 0 Å². The van der Waals surface area contributed by atoms with Crippen molar-refractivity contribution in [2.45, 2.75) is 13.1 Å². The lowest BCUT2D eigenvalue weighted by atomic mass is 10.1. The van der Waals surface area contributed by atoms with Crippen LogP contribution >= 0.6 is 0 Å². The number of hydrogen-bond acceptors (Lipinski definition) is 3. The van der Waals surface area contributed by atoms with Crippen LogP contribution in [0.25, 0.3) is 0 Å². The van der Waals surface area contributed by atoms with Gasteiger partial charge in [-0.1, -0.05) is 24.3 Å². The van der Waals surface area contributed by atoms with E-state index in [1.807, 2.05) is 17.0 Å². The molecule has 2 aromatic carbocycles. The van der Waals surface area contributed by atoms with Crippen LogP contribution in [0, 0.1) is 0 Å². The van der Waals surface area contributed by atoms with Crippen LogP contribution in [-0.4, -0.2) is 10.8 Å². The van der Waals surface area contributed by atoms with Crippen LogP contribution in [0.1, 0.15) is 21.5 Å². The van der Waals surface area contributed by atoms with Crippen LogP contribution < -0.4 is 11.3 Å². The lowest BCUT2D eigenvalue weighted by molar-refractivity contribution is 0.0751. The number of fused-ring (bicyclic) bond motifs is 1. The van der Waals surface area contributed by atoms with Crippen LogP contribution in [0.4, 0.5) is 5.69 Å². The van der Waals surface area contributed by atoms with Crippen LogP contribution in [0.3, 0.4) is 0 Å².